The molecule has 112 valence electrons. The van der Waals surface area contributed by atoms with E-state index in [4.69, 9.17) is 0 Å². The lowest BCUT2D eigenvalue weighted by Crippen LogP contribution is -2.53. The molecule has 0 aromatic rings. The van der Waals surface area contributed by atoms with Gasteiger partial charge in [0.25, 0.3) is 0 Å². The highest BCUT2D eigenvalue weighted by Crippen LogP contribution is 2.36. The van der Waals surface area contributed by atoms with Crippen LogP contribution in [0.15, 0.2) is 15.1 Å². The summed E-state index contributed by atoms with van der Waals surface area (Å²) in [6.07, 6.45) is 3.66. The Labute approximate surface area is 120 Å². The molecule has 6 nitrogen and oxygen atoms in total. The molecule has 0 saturated carbocycles. The molecule has 0 radical (unpaired) electrons. The van der Waals surface area contributed by atoms with Crippen LogP contribution in [0.25, 0.3) is 0 Å². The summed E-state index contributed by atoms with van der Waals surface area (Å²) in [5.41, 5.74) is 0. The van der Waals surface area contributed by atoms with E-state index in [2.05, 4.69) is 26.7 Å². The number of aliphatic imine (C=N–C) groups is 2. The van der Waals surface area contributed by atoms with Crippen LogP contribution in [0.1, 0.15) is 39.5 Å². The van der Waals surface area contributed by atoms with E-state index in [1.807, 2.05) is 18.9 Å². The van der Waals surface area contributed by atoms with Crippen molar-refractivity contribution in [2.75, 3.05) is 13.6 Å². The zero-order valence-electron chi connectivity index (χ0n) is 12.7. The Morgan fingerprint density at radius 1 is 1.35 bits per heavy atom. The minimum absolute atomic E-state index is 0.183. The van der Waals surface area contributed by atoms with Crippen LogP contribution < -0.4 is 0 Å². The van der Waals surface area contributed by atoms with Crippen molar-refractivity contribution >= 4 is 18.5 Å². The van der Waals surface area contributed by atoms with Crippen molar-refractivity contribution in [2.45, 2.75) is 57.7 Å². The number of hydrazone groups is 1. The molecule has 0 amide bonds. The normalized spacial score (nSPS) is 30.6. The van der Waals surface area contributed by atoms with Crippen LogP contribution in [-0.2, 0) is 0 Å². The van der Waals surface area contributed by atoms with Gasteiger partial charge in [-0.3, -0.25) is 4.99 Å². The molecule has 0 aromatic carbocycles. The molecule has 6 heteroatoms. The van der Waals surface area contributed by atoms with Gasteiger partial charge in [0.2, 0.25) is 5.96 Å². The van der Waals surface area contributed by atoms with Crippen molar-refractivity contribution in [1.29, 1.82) is 0 Å². The Morgan fingerprint density at radius 2 is 1.95 bits per heavy atom. The number of piperidine rings is 1. The Kier molecular flexibility index (Phi) is 4.75. The molecule has 2 fully saturated rings. The number of rotatable bonds is 2. The number of hydrogen-bond donors (Lipinski definition) is 1. The lowest BCUT2D eigenvalue weighted by molar-refractivity contribution is 0.0648. The SMILES string of the molecule is C=NN(CC)C(=NC(C)=NC)N1C2CCC1CC(O)C2. The highest BCUT2D eigenvalue weighted by Gasteiger charge is 2.43. The predicted molar refractivity (Wildman–Crippen MR) is 82.3 cm³/mol. The minimum Gasteiger partial charge on any atom is -0.393 e. The number of aliphatic hydroxyl groups is 1. The first kappa shape index (κ1) is 15.0. The second-order valence-electron chi connectivity index (χ2n) is 5.46. The summed E-state index contributed by atoms with van der Waals surface area (Å²) in [6.45, 7) is 8.28. The van der Waals surface area contributed by atoms with Gasteiger partial charge in [0, 0.05) is 32.4 Å². The van der Waals surface area contributed by atoms with Crippen LogP contribution in [0, 0.1) is 0 Å². The van der Waals surface area contributed by atoms with Gasteiger partial charge < -0.3 is 10.0 Å². The van der Waals surface area contributed by atoms with Gasteiger partial charge in [-0.25, -0.2) is 5.01 Å². The van der Waals surface area contributed by atoms with Gasteiger partial charge in [-0.2, -0.15) is 10.1 Å². The van der Waals surface area contributed by atoms with Crippen molar-refractivity contribution in [3.63, 3.8) is 0 Å². The molecule has 2 bridgehead atoms. The van der Waals surface area contributed by atoms with E-state index in [1.54, 1.807) is 7.05 Å². The summed E-state index contributed by atoms with van der Waals surface area (Å²) in [6, 6.07) is 0.700. The Morgan fingerprint density at radius 3 is 2.40 bits per heavy atom. The van der Waals surface area contributed by atoms with Crippen LogP contribution in [0.3, 0.4) is 0 Å². The number of hydrogen-bond acceptors (Lipinski definition) is 3. The van der Waals surface area contributed by atoms with Crippen LogP contribution in [0.5, 0.6) is 0 Å². The van der Waals surface area contributed by atoms with E-state index in [1.165, 1.54) is 0 Å². The first-order chi connectivity index (χ1) is 9.60. The van der Waals surface area contributed by atoms with Crippen molar-refractivity contribution < 1.29 is 5.11 Å². The third-order valence-corrected chi connectivity index (χ3v) is 4.23. The second-order valence-corrected chi connectivity index (χ2v) is 5.46. The fourth-order valence-corrected chi connectivity index (χ4v) is 3.22. The highest BCUT2D eigenvalue weighted by atomic mass is 16.3. The van der Waals surface area contributed by atoms with Gasteiger partial charge in [-0.1, -0.05) is 0 Å². The number of nitrogens with zero attached hydrogens (tertiary/aromatic N) is 5. The summed E-state index contributed by atoms with van der Waals surface area (Å²) >= 11 is 0. The van der Waals surface area contributed by atoms with Crippen LogP contribution in [0.2, 0.25) is 0 Å². The molecule has 2 unspecified atom stereocenters. The molecule has 2 rings (SSSR count). The Bertz CT molecular complexity index is 406. The minimum atomic E-state index is -0.183. The molecule has 1 N–H and O–H groups in total. The molecule has 2 aliphatic rings. The standard InChI is InChI=1S/C14H25N5O/c1-5-18(16-4)14(17-10(2)15-3)19-11-6-7-12(19)9-13(20)8-11/h11-13,20H,4-9H2,1-3H3. The lowest BCUT2D eigenvalue weighted by atomic mass is 10.0. The summed E-state index contributed by atoms with van der Waals surface area (Å²) in [4.78, 5) is 11.1. The predicted octanol–water partition coefficient (Wildman–Crippen LogP) is 1.32. The first-order valence-electron chi connectivity index (χ1n) is 7.33. The van der Waals surface area contributed by atoms with Gasteiger partial charge in [-0.05, 0) is 39.5 Å². The van der Waals surface area contributed by atoms with E-state index in [-0.39, 0.29) is 6.10 Å². The van der Waals surface area contributed by atoms with E-state index < -0.39 is 0 Å². The van der Waals surface area contributed by atoms with E-state index in [0.29, 0.717) is 12.1 Å². The molecular formula is C14H25N5O. The fraction of sp³-hybridized carbons (Fsp3) is 0.786. The van der Waals surface area contributed by atoms with Crippen LogP contribution >= 0.6 is 0 Å². The van der Waals surface area contributed by atoms with Crippen LogP contribution in [-0.4, -0.2) is 65.3 Å². The second kappa shape index (κ2) is 6.35. The van der Waals surface area contributed by atoms with Gasteiger partial charge in [0.05, 0.1) is 6.10 Å². The first-order valence-corrected chi connectivity index (χ1v) is 7.33. The zero-order chi connectivity index (χ0) is 14.7. The zero-order valence-corrected chi connectivity index (χ0v) is 12.7. The van der Waals surface area contributed by atoms with E-state index in [0.717, 1.165) is 44.0 Å². The van der Waals surface area contributed by atoms with E-state index in [9.17, 15) is 5.11 Å². The Hall–Kier alpha value is -1.43. The van der Waals surface area contributed by atoms with Gasteiger partial charge in [0.15, 0.2) is 0 Å². The molecule has 0 aliphatic carbocycles. The quantitative estimate of drug-likeness (QED) is 0.471. The largest absolute Gasteiger partial charge is 0.393 e. The molecule has 2 atom stereocenters. The average molecular weight is 279 g/mol. The monoisotopic (exact) mass is 279 g/mol. The summed E-state index contributed by atoms with van der Waals surface area (Å²) in [5, 5.41) is 15.8. The van der Waals surface area contributed by atoms with Crippen molar-refractivity contribution in [2.24, 2.45) is 15.1 Å². The fourth-order valence-electron chi connectivity index (χ4n) is 3.22. The van der Waals surface area contributed by atoms with Crippen molar-refractivity contribution in [3.05, 3.63) is 0 Å². The maximum Gasteiger partial charge on any atom is 0.224 e. The Balaban J connectivity index is 2.32. The number of aliphatic hydroxyl groups excluding tert-OH is 1. The van der Waals surface area contributed by atoms with Gasteiger partial charge in [0.1, 0.15) is 5.84 Å². The topological polar surface area (TPSA) is 63.8 Å². The highest BCUT2D eigenvalue weighted by molar-refractivity contribution is 5.95. The third kappa shape index (κ3) is 2.85. The molecular weight excluding hydrogens is 254 g/mol. The van der Waals surface area contributed by atoms with Crippen molar-refractivity contribution in [3.8, 4) is 0 Å². The summed E-state index contributed by atoms with van der Waals surface area (Å²) in [5.74, 6) is 1.55. The molecule has 20 heavy (non-hydrogen) atoms. The smallest absolute Gasteiger partial charge is 0.224 e. The molecule has 2 heterocycles. The van der Waals surface area contributed by atoms with Gasteiger partial charge >= 0.3 is 0 Å². The molecule has 0 aromatic heterocycles. The maximum atomic E-state index is 9.93. The van der Waals surface area contributed by atoms with Crippen molar-refractivity contribution in [1.82, 2.24) is 9.91 Å². The number of fused-ring (bicyclic) bond motifs is 2. The molecule has 0 spiro atoms. The third-order valence-electron chi connectivity index (χ3n) is 4.23. The number of amidine groups is 1. The maximum absolute atomic E-state index is 9.93. The average Bonchev–Trinajstić information content (AvgIpc) is 2.70. The molecule has 2 aliphatic heterocycles. The summed E-state index contributed by atoms with van der Waals surface area (Å²) in [7, 11) is 1.74. The van der Waals surface area contributed by atoms with Gasteiger partial charge in [-0.15, -0.1) is 0 Å². The number of guanidine groups is 1. The van der Waals surface area contributed by atoms with Crippen LogP contribution in [0.4, 0.5) is 0 Å². The molecule has 2 saturated heterocycles. The van der Waals surface area contributed by atoms with E-state index >= 15 is 0 Å². The lowest BCUT2D eigenvalue weighted by Gasteiger charge is -2.41. The summed E-state index contributed by atoms with van der Waals surface area (Å²) < 4.78 is 0.